The van der Waals surface area contributed by atoms with Gasteiger partial charge in [0.15, 0.2) is 0 Å². The minimum Gasteiger partial charge on any atom is -0.313 e. The molecular formula is C12H24N2. The fraction of sp³-hybridized carbons (Fsp3) is 1.00. The molecule has 2 rings (SSSR count). The van der Waals surface area contributed by atoms with Crippen LogP contribution in [-0.4, -0.2) is 37.1 Å². The molecule has 1 saturated carbocycles. The lowest BCUT2D eigenvalue weighted by atomic mass is 9.80. The minimum atomic E-state index is 0.765. The van der Waals surface area contributed by atoms with Gasteiger partial charge in [-0.1, -0.05) is 13.3 Å². The van der Waals surface area contributed by atoms with Gasteiger partial charge in [-0.25, -0.2) is 0 Å². The number of piperidine rings is 1. The summed E-state index contributed by atoms with van der Waals surface area (Å²) in [5.41, 5.74) is 0. The molecule has 0 aromatic rings. The molecule has 2 heteroatoms. The van der Waals surface area contributed by atoms with Crippen LogP contribution in [0.2, 0.25) is 0 Å². The summed E-state index contributed by atoms with van der Waals surface area (Å²) in [4.78, 5) is 2.58. The molecule has 3 unspecified atom stereocenters. The number of hydrogen-bond donors (Lipinski definition) is 1. The summed E-state index contributed by atoms with van der Waals surface area (Å²) in [5, 5.41) is 3.63. The van der Waals surface area contributed by atoms with Crippen LogP contribution < -0.4 is 5.32 Å². The maximum atomic E-state index is 3.63. The Kier molecular flexibility index (Phi) is 3.45. The van der Waals surface area contributed by atoms with E-state index in [0.29, 0.717) is 0 Å². The molecule has 0 aromatic carbocycles. The Bertz CT molecular complexity index is 175. The Labute approximate surface area is 88.1 Å². The molecule has 2 aliphatic rings. The van der Waals surface area contributed by atoms with Crippen molar-refractivity contribution < 1.29 is 0 Å². The highest BCUT2D eigenvalue weighted by atomic mass is 15.2. The molecule has 1 aliphatic carbocycles. The Balaban J connectivity index is 1.72. The third kappa shape index (κ3) is 2.29. The summed E-state index contributed by atoms with van der Waals surface area (Å²) in [6.07, 6.45) is 7.04. The van der Waals surface area contributed by atoms with Crippen molar-refractivity contribution in [1.29, 1.82) is 0 Å². The zero-order chi connectivity index (χ0) is 9.97. The number of hydrogen-bond acceptors (Lipinski definition) is 2. The summed E-state index contributed by atoms with van der Waals surface area (Å²) >= 11 is 0. The molecule has 14 heavy (non-hydrogen) atoms. The third-order valence-corrected chi connectivity index (χ3v) is 4.06. The molecule has 0 spiro atoms. The van der Waals surface area contributed by atoms with Gasteiger partial charge in [-0.15, -0.1) is 0 Å². The summed E-state index contributed by atoms with van der Waals surface area (Å²) in [6, 6.07) is 1.64. The first-order valence-corrected chi connectivity index (χ1v) is 6.21. The van der Waals surface area contributed by atoms with Gasteiger partial charge in [0.05, 0.1) is 0 Å². The van der Waals surface area contributed by atoms with Crippen molar-refractivity contribution in [2.75, 3.05) is 20.1 Å². The zero-order valence-corrected chi connectivity index (χ0v) is 9.63. The largest absolute Gasteiger partial charge is 0.313 e. The van der Waals surface area contributed by atoms with Gasteiger partial charge in [0, 0.05) is 18.6 Å². The van der Waals surface area contributed by atoms with Crippen molar-refractivity contribution in [3.05, 3.63) is 0 Å². The lowest BCUT2D eigenvalue weighted by Crippen LogP contribution is -2.50. The molecule has 1 aliphatic heterocycles. The molecule has 82 valence electrons. The molecular weight excluding hydrogens is 172 g/mol. The fourth-order valence-corrected chi connectivity index (χ4v) is 2.87. The molecule has 1 saturated heterocycles. The van der Waals surface area contributed by atoms with Crippen LogP contribution in [0.25, 0.3) is 0 Å². The smallest absolute Gasteiger partial charge is 0.0195 e. The van der Waals surface area contributed by atoms with E-state index in [1.165, 1.54) is 45.2 Å². The molecule has 0 amide bonds. The van der Waals surface area contributed by atoms with E-state index < -0.39 is 0 Å². The van der Waals surface area contributed by atoms with Crippen LogP contribution >= 0.6 is 0 Å². The highest BCUT2D eigenvalue weighted by Crippen LogP contribution is 2.30. The Hall–Kier alpha value is -0.0800. The molecule has 3 atom stereocenters. The van der Waals surface area contributed by atoms with Crippen LogP contribution in [0.5, 0.6) is 0 Å². The predicted molar refractivity (Wildman–Crippen MR) is 60.5 cm³/mol. The molecule has 1 N–H and O–H groups in total. The maximum Gasteiger partial charge on any atom is 0.0195 e. The van der Waals surface area contributed by atoms with E-state index in [0.717, 1.165) is 18.0 Å². The lowest BCUT2D eigenvalue weighted by molar-refractivity contribution is 0.0837. The first-order valence-electron chi connectivity index (χ1n) is 6.21. The number of likely N-dealkylation sites (N-methyl/N-ethyl adjacent to an activating group) is 1. The van der Waals surface area contributed by atoms with Crippen LogP contribution in [0.15, 0.2) is 0 Å². The molecule has 0 bridgehead atoms. The maximum absolute atomic E-state index is 3.63. The van der Waals surface area contributed by atoms with Gasteiger partial charge >= 0.3 is 0 Å². The second-order valence-corrected chi connectivity index (χ2v) is 5.21. The average molecular weight is 196 g/mol. The first kappa shape index (κ1) is 10.4. The van der Waals surface area contributed by atoms with Gasteiger partial charge < -0.3 is 10.2 Å². The van der Waals surface area contributed by atoms with E-state index in [-0.39, 0.29) is 0 Å². The molecule has 2 fully saturated rings. The van der Waals surface area contributed by atoms with E-state index >= 15 is 0 Å². The van der Waals surface area contributed by atoms with Crippen LogP contribution in [0.3, 0.4) is 0 Å². The van der Waals surface area contributed by atoms with Gasteiger partial charge in [-0.2, -0.15) is 0 Å². The van der Waals surface area contributed by atoms with E-state index in [1.807, 2.05) is 0 Å². The van der Waals surface area contributed by atoms with Crippen molar-refractivity contribution in [3.8, 4) is 0 Å². The number of nitrogens with one attached hydrogen (secondary N) is 1. The van der Waals surface area contributed by atoms with Crippen molar-refractivity contribution in [2.45, 2.75) is 51.1 Å². The standard InChI is InChI=1S/C12H24N2/c1-10-6-7-12(10)14(2)9-11-5-3-4-8-13-11/h10-13H,3-9H2,1-2H3. The normalized spacial score (nSPS) is 38.4. The Morgan fingerprint density at radius 2 is 2.07 bits per heavy atom. The van der Waals surface area contributed by atoms with E-state index in [1.54, 1.807) is 0 Å². The molecule has 1 heterocycles. The van der Waals surface area contributed by atoms with E-state index in [4.69, 9.17) is 0 Å². The summed E-state index contributed by atoms with van der Waals surface area (Å²) in [5.74, 6) is 0.934. The van der Waals surface area contributed by atoms with Crippen molar-refractivity contribution >= 4 is 0 Å². The summed E-state index contributed by atoms with van der Waals surface area (Å²) in [6.45, 7) is 4.88. The van der Waals surface area contributed by atoms with Gasteiger partial charge in [-0.3, -0.25) is 0 Å². The van der Waals surface area contributed by atoms with Gasteiger partial charge in [-0.05, 0) is 45.2 Å². The monoisotopic (exact) mass is 196 g/mol. The molecule has 2 nitrogen and oxygen atoms in total. The quantitative estimate of drug-likeness (QED) is 0.741. The van der Waals surface area contributed by atoms with Gasteiger partial charge in [0.1, 0.15) is 0 Å². The zero-order valence-electron chi connectivity index (χ0n) is 9.63. The Morgan fingerprint density at radius 3 is 2.57 bits per heavy atom. The highest BCUT2D eigenvalue weighted by Gasteiger charge is 2.31. The second kappa shape index (κ2) is 4.63. The average Bonchev–Trinajstić information content (AvgIpc) is 2.17. The third-order valence-electron chi connectivity index (χ3n) is 4.06. The molecule has 0 radical (unpaired) electrons. The van der Waals surface area contributed by atoms with Gasteiger partial charge in [0.25, 0.3) is 0 Å². The van der Waals surface area contributed by atoms with Crippen LogP contribution in [0.4, 0.5) is 0 Å². The Morgan fingerprint density at radius 1 is 1.21 bits per heavy atom. The SMILES string of the molecule is CC1CCC1N(C)CC1CCCCN1. The lowest BCUT2D eigenvalue weighted by Gasteiger charge is -2.42. The van der Waals surface area contributed by atoms with Crippen LogP contribution in [-0.2, 0) is 0 Å². The predicted octanol–water partition coefficient (Wildman–Crippen LogP) is 1.86. The van der Waals surface area contributed by atoms with Crippen molar-refractivity contribution in [3.63, 3.8) is 0 Å². The number of nitrogens with zero attached hydrogens (tertiary/aromatic N) is 1. The van der Waals surface area contributed by atoms with E-state index in [9.17, 15) is 0 Å². The van der Waals surface area contributed by atoms with Crippen molar-refractivity contribution in [2.24, 2.45) is 5.92 Å². The highest BCUT2D eigenvalue weighted by molar-refractivity contribution is 4.87. The van der Waals surface area contributed by atoms with Crippen LogP contribution in [0.1, 0.15) is 39.0 Å². The molecule has 0 aromatic heterocycles. The minimum absolute atomic E-state index is 0.765. The van der Waals surface area contributed by atoms with E-state index in [2.05, 4.69) is 24.2 Å². The number of rotatable bonds is 3. The summed E-state index contributed by atoms with van der Waals surface area (Å²) in [7, 11) is 2.30. The van der Waals surface area contributed by atoms with Crippen molar-refractivity contribution in [1.82, 2.24) is 10.2 Å². The topological polar surface area (TPSA) is 15.3 Å². The van der Waals surface area contributed by atoms with Crippen LogP contribution in [0, 0.1) is 5.92 Å². The fourth-order valence-electron chi connectivity index (χ4n) is 2.87. The second-order valence-electron chi connectivity index (χ2n) is 5.21. The first-order chi connectivity index (χ1) is 6.77. The summed E-state index contributed by atoms with van der Waals surface area (Å²) < 4.78 is 0. The van der Waals surface area contributed by atoms with Gasteiger partial charge in [0.2, 0.25) is 0 Å².